The summed E-state index contributed by atoms with van der Waals surface area (Å²) < 4.78 is 1.97. The number of amides is 4. The molecule has 8 nitrogen and oxygen atoms in total. The van der Waals surface area contributed by atoms with Gasteiger partial charge in [0.2, 0.25) is 5.91 Å². The van der Waals surface area contributed by atoms with Gasteiger partial charge >= 0.3 is 6.03 Å². The Bertz CT molecular complexity index is 843. The molecule has 26 heavy (non-hydrogen) atoms. The highest BCUT2D eigenvalue weighted by Gasteiger charge is 2.41. The van der Waals surface area contributed by atoms with Crippen LogP contribution in [0.3, 0.4) is 0 Å². The van der Waals surface area contributed by atoms with Gasteiger partial charge in [-0.3, -0.25) is 14.5 Å². The highest BCUT2D eigenvalue weighted by molar-refractivity contribution is 6.05. The molecule has 1 N–H and O–H groups in total. The molecule has 1 aliphatic heterocycles. The zero-order valence-electron chi connectivity index (χ0n) is 15.0. The normalized spacial score (nSPS) is 17.1. The third kappa shape index (κ3) is 3.30. The quantitative estimate of drug-likeness (QED) is 0.813. The van der Waals surface area contributed by atoms with Gasteiger partial charge in [-0.05, 0) is 24.6 Å². The lowest BCUT2D eigenvalue weighted by molar-refractivity contribution is -0.131. The Labute approximate surface area is 151 Å². The summed E-state index contributed by atoms with van der Waals surface area (Å²) >= 11 is 0. The van der Waals surface area contributed by atoms with E-state index in [0.717, 1.165) is 22.0 Å². The lowest BCUT2D eigenvalue weighted by Crippen LogP contribution is -2.37. The highest BCUT2D eigenvalue weighted by atomic mass is 16.2. The molecule has 1 fully saturated rings. The van der Waals surface area contributed by atoms with Crippen molar-refractivity contribution in [2.75, 3.05) is 14.1 Å². The van der Waals surface area contributed by atoms with E-state index in [9.17, 15) is 14.4 Å². The molecule has 1 saturated heterocycles. The third-order valence-electron chi connectivity index (χ3n) is 4.58. The van der Waals surface area contributed by atoms with Gasteiger partial charge in [0.15, 0.2) is 0 Å². The van der Waals surface area contributed by atoms with Crippen LogP contribution in [-0.2, 0) is 16.1 Å². The van der Waals surface area contributed by atoms with Crippen molar-refractivity contribution in [2.24, 2.45) is 0 Å². The topological polar surface area (TPSA) is 87.5 Å². The zero-order valence-corrected chi connectivity index (χ0v) is 15.0. The van der Waals surface area contributed by atoms with Crippen LogP contribution < -0.4 is 5.32 Å². The van der Waals surface area contributed by atoms with E-state index in [1.54, 1.807) is 6.20 Å². The van der Waals surface area contributed by atoms with Gasteiger partial charge in [0.05, 0.1) is 6.42 Å². The monoisotopic (exact) mass is 355 g/mol. The summed E-state index contributed by atoms with van der Waals surface area (Å²) in [7, 11) is 2.95. The van der Waals surface area contributed by atoms with Crippen LogP contribution in [0.1, 0.15) is 17.8 Å². The number of benzene rings is 1. The van der Waals surface area contributed by atoms with Gasteiger partial charge in [-0.2, -0.15) is 0 Å². The second-order valence-corrected chi connectivity index (χ2v) is 6.30. The summed E-state index contributed by atoms with van der Waals surface area (Å²) in [6, 6.07) is 6.64. The average molecular weight is 355 g/mol. The molecule has 1 atom stereocenters. The number of hydrogen-bond acceptors (Lipinski definition) is 4. The van der Waals surface area contributed by atoms with Crippen molar-refractivity contribution in [3.05, 3.63) is 48.0 Å². The minimum absolute atomic E-state index is 0.0439. The molecule has 0 aliphatic carbocycles. The number of carbonyl (C=O) groups is 3. The predicted molar refractivity (Wildman–Crippen MR) is 94.5 cm³/mol. The van der Waals surface area contributed by atoms with E-state index in [1.165, 1.54) is 19.0 Å². The van der Waals surface area contributed by atoms with E-state index >= 15 is 0 Å². The van der Waals surface area contributed by atoms with E-state index < -0.39 is 12.1 Å². The molecule has 2 heterocycles. The summed E-state index contributed by atoms with van der Waals surface area (Å²) in [6.07, 6.45) is 3.59. The number of aryl methyl sites for hydroxylation is 1. The van der Waals surface area contributed by atoms with Crippen LogP contribution in [0.5, 0.6) is 0 Å². The summed E-state index contributed by atoms with van der Waals surface area (Å²) in [6.45, 7) is 2.29. The number of carbonyl (C=O) groups excluding carboxylic acids is 3. The first-order valence-corrected chi connectivity index (χ1v) is 8.29. The number of nitrogens with one attached hydrogen (secondary N) is 1. The molecule has 136 valence electrons. The van der Waals surface area contributed by atoms with Gasteiger partial charge in [-0.15, -0.1) is 0 Å². The highest BCUT2D eigenvalue weighted by Crippen LogP contribution is 2.17. The van der Waals surface area contributed by atoms with Crippen LogP contribution in [0, 0.1) is 6.92 Å². The Morgan fingerprint density at radius 1 is 1.19 bits per heavy atom. The van der Waals surface area contributed by atoms with Gasteiger partial charge in [0.25, 0.3) is 5.91 Å². The molecule has 2 aromatic rings. The Hall–Kier alpha value is -3.16. The fourth-order valence-corrected chi connectivity index (χ4v) is 2.95. The summed E-state index contributed by atoms with van der Waals surface area (Å²) in [4.78, 5) is 42.4. The Kier molecular flexibility index (Phi) is 4.75. The average Bonchev–Trinajstić information content (AvgIpc) is 3.14. The lowest BCUT2D eigenvalue weighted by atomic mass is 10.1. The molecule has 0 spiro atoms. The van der Waals surface area contributed by atoms with E-state index in [0.29, 0.717) is 6.54 Å². The standard InChI is InChI=1S/C18H21N5O3/c1-12-19-8-9-23(12)14-6-4-13(5-7-14)11-20-16(24)10-15-17(25)22(3)18(26)21(15)2/h4-9,15H,10-11H2,1-3H3,(H,20,24)/t15-/m1/s1. The van der Waals surface area contributed by atoms with Crippen LogP contribution in [0.25, 0.3) is 5.69 Å². The Morgan fingerprint density at radius 3 is 2.42 bits per heavy atom. The van der Waals surface area contributed by atoms with Crippen molar-refractivity contribution in [3.63, 3.8) is 0 Å². The molecule has 0 radical (unpaired) electrons. The van der Waals surface area contributed by atoms with Crippen molar-refractivity contribution in [2.45, 2.75) is 25.9 Å². The molecule has 0 bridgehead atoms. The Morgan fingerprint density at radius 2 is 1.88 bits per heavy atom. The van der Waals surface area contributed by atoms with E-state index in [4.69, 9.17) is 0 Å². The van der Waals surface area contributed by atoms with Crippen LogP contribution in [-0.4, -0.2) is 57.3 Å². The SMILES string of the molecule is Cc1nccn1-c1ccc(CNC(=O)C[C@@H]2C(=O)N(C)C(=O)N2C)cc1. The first-order valence-electron chi connectivity index (χ1n) is 8.29. The minimum atomic E-state index is -0.737. The second kappa shape index (κ2) is 6.99. The van der Waals surface area contributed by atoms with Crippen molar-refractivity contribution >= 4 is 17.8 Å². The third-order valence-corrected chi connectivity index (χ3v) is 4.58. The molecular formula is C18H21N5O3. The molecule has 0 saturated carbocycles. The Balaban J connectivity index is 1.56. The number of hydrogen-bond donors (Lipinski definition) is 1. The maximum absolute atomic E-state index is 12.1. The molecule has 1 aromatic carbocycles. The molecule has 4 amide bonds. The van der Waals surface area contributed by atoms with E-state index in [1.807, 2.05) is 42.0 Å². The van der Waals surface area contributed by atoms with Crippen LogP contribution in [0.2, 0.25) is 0 Å². The fourth-order valence-electron chi connectivity index (χ4n) is 2.95. The van der Waals surface area contributed by atoms with Crippen molar-refractivity contribution in [3.8, 4) is 5.69 Å². The molecule has 3 rings (SSSR count). The first kappa shape index (κ1) is 17.7. The predicted octanol–water partition coefficient (Wildman–Crippen LogP) is 1.08. The smallest absolute Gasteiger partial charge is 0.326 e. The largest absolute Gasteiger partial charge is 0.352 e. The summed E-state index contributed by atoms with van der Waals surface area (Å²) in [5, 5.41) is 2.80. The number of nitrogens with zero attached hydrogens (tertiary/aromatic N) is 4. The van der Waals surface area contributed by atoms with Crippen molar-refractivity contribution in [1.29, 1.82) is 0 Å². The summed E-state index contributed by atoms with van der Waals surface area (Å²) in [5.41, 5.74) is 1.94. The van der Waals surface area contributed by atoms with Crippen molar-refractivity contribution in [1.82, 2.24) is 24.7 Å². The number of imidazole rings is 1. The van der Waals surface area contributed by atoms with Gasteiger partial charge < -0.3 is 14.8 Å². The number of likely N-dealkylation sites (N-methyl/N-ethyl adjacent to an activating group) is 2. The maximum Gasteiger partial charge on any atom is 0.326 e. The van der Waals surface area contributed by atoms with Crippen molar-refractivity contribution < 1.29 is 14.4 Å². The number of aromatic nitrogens is 2. The second-order valence-electron chi connectivity index (χ2n) is 6.30. The van der Waals surface area contributed by atoms with Gasteiger partial charge in [-0.25, -0.2) is 9.78 Å². The zero-order chi connectivity index (χ0) is 18.8. The molecule has 8 heteroatoms. The molecule has 0 unspecified atom stereocenters. The number of urea groups is 1. The van der Waals surface area contributed by atoms with Gasteiger partial charge in [0.1, 0.15) is 11.9 Å². The fraction of sp³-hybridized carbons (Fsp3) is 0.333. The molecular weight excluding hydrogens is 334 g/mol. The first-order chi connectivity index (χ1) is 12.4. The minimum Gasteiger partial charge on any atom is -0.352 e. The lowest BCUT2D eigenvalue weighted by Gasteiger charge is -2.15. The summed E-state index contributed by atoms with van der Waals surface area (Å²) in [5.74, 6) is 0.274. The van der Waals surface area contributed by atoms with Gasteiger partial charge in [-0.1, -0.05) is 12.1 Å². The maximum atomic E-state index is 12.1. The van der Waals surface area contributed by atoms with Crippen LogP contribution >= 0.6 is 0 Å². The molecule has 1 aliphatic rings. The molecule has 1 aromatic heterocycles. The van der Waals surface area contributed by atoms with Gasteiger partial charge in [0, 0.05) is 38.7 Å². The van der Waals surface area contributed by atoms with Crippen LogP contribution in [0.4, 0.5) is 4.79 Å². The number of imide groups is 1. The van der Waals surface area contributed by atoms with E-state index in [-0.39, 0.29) is 18.2 Å². The number of rotatable bonds is 5. The van der Waals surface area contributed by atoms with Crippen LogP contribution in [0.15, 0.2) is 36.7 Å². The van der Waals surface area contributed by atoms with E-state index in [2.05, 4.69) is 10.3 Å².